The van der Waals surface area contributed by atoms with Gasteiger partial charge in [0.2, 0.25) is 0 Å². The van der Waals surface area contributed by atoms with E-state index in [1.165, 1.54) is 98.4 Å². The second kappa shape index (κ2) is 4.21. The summed E-state index contributed by atoms with van der Waals surface area (Å²) in [5, 5.41) is 0. The van der Waals surface area contributed by atoms with E-state index in [4.69, 9.17) is 0 Å². The van der Waals surface area contributed by atoms with Gasteiger partial charge in [-0.2, -0.15) is 0 Å². The van der Waals surface area contributed by atoms with Gasteiger partial charge in [-0.3, -0.25) is 0 Å². The van der Waals surface area contributed by atoms with E-state index in [-0.39, 0.29) is 0 Å². The Hall–Kier alpha value is 1.37. The average Bonchev–Trinajstić information content (AvgIpc) is 3.85. The first kappa shape index (κ1) is 23.9. The number of hydrogen-bond acceptors (Lipinski definition) is 0. The van der Waals surface area contributed by atoms with E-state index < -0.39 is 6.37 Å². The minimum atomic E-state index is -3.19. The quantitative estimate of drug-likeness (QED) is 0.0870. The second-order valence-corrected chi connectivity index (χ2v) is 45.4. The Balaban J connectivity index is 1.02. The van der Waals surface area contributed by atoms with Crippen molar-refractivity contribution in [2.75, 3.05) is 24.6 Å². The average molecular weight is 590 g/mol. The summed E-state index contributed by atoms with van der Waals surface area (Å²) in [6, 6.07) is 0. The molecule has 10 heterocycles. The first-order chi connectivity index (χ1) is 18.0. The van der Waals surface area contributed by atoms with Gasteiger partial charge in [-0.25, -0.2) is 0 Å². The van der Waals surface area contributed by atoms with Crippen LogP contribution in [0.1, 0.15) is 130 Å². The summed E-state index contributed by atoms with van der Waals surface area (Å²) >= 11 is 0. The summed E-state index contributed by atoms with van der Waals surface area (Å²) in [6.07, 6.45) is 28.5. The normalized spacial score (nSPS) is 63.6. The van der Waals surface area contributed by atoms with Gasteiger partial charge in [0, 0.05) is 0 Å². The molecule has 0 saturated carbocycles. The Bertz CT molecular complexity index is 1190. The van der Waals surface area contributed by atoms with E-state index in [0.717, 1.165) is 0 Å². The summed E-state index contributed by atoms with van der Waals surface area (Å²) < 4.78 is 2.41. The van der Waals surface area contributed by atoms with E-state index in [0.29, 0.717) is 15.8 Å². The van der Waals surface area contributed by atoms with Crippen molar-refractivity contribution >= 4 is 15.8 Å². The van der Waals surface area contributed by atoms with Crippen molar-refractivity contribution in [1.82, 2.24) is 0 Å². The second-order valence-electron chi connectivity index (χ2n) is 17.5. The molecule has 1 spiro atoms. The third kappa shape index (κ3) is 0.669. The molecular formula is C34H60CoP2. The zero-order valence-corrected chi connectivity index (χ0v) is 27.8. The Labute approximate surface area is 223 Å². The summed E-state index contributed by atoms with van der Waals surface area (Å²) in [7, 11) is 0.755. The molecule has 10 fully saturated rings. The van der Waals surface area contributed by atoms with Crippen LogP contribution in [0.3, 0.4) is 0 Å². The molecule has 37 heavy (non-hydrogen) atoms. The number of hydrogen-bond donors (Lipinski definition) is 0. The summed E-state index contributed by atoms with van der Waals surface area (Å²) in [6.45, 7) is 9.71. The molecule has 10 aliphatic heterocycles. The van der Waals surface area contributed by atoms with Crippen LogP contribution >= 0.6 is 15.8 Å². The summed E-state index contributed by atoms with van der Waals surface area (Å²) in [5.41, 5.74) is 0. The van der Waals surface area contributed by atoms with Crippen molar-refractivity contribution in [3.05, 3.63) is 0 Å². The monoisotopic (exact) mass is 589 g/mol. The van der Waals surface area contributed by atoms with Crippen molar-refractivity contribution < 1.29 is 6.37 Å². The summed E-state index contributed by atoms with van der Waals surface area (Å²) in [4.78, 5) is 12.3. The molecular weight excluding hydrogens is 529 g/mol. The maximum atomic E-state index is 2.43. The van der Waals surface area contributed by atoms with Crippen LogP contribution in [0.4, 0.5) is 0 Å². The van der Waals surface area contributed by atoms with E-state index in [1.54, 1.807) is 76.0 Å². The zero-order valence-electron chi connectivity index (χ0n) is 25.0. The van der Waals surface area contributed by atoms with E-state index in [2.05, 4.69) is 27.7 Å². The van der Waals surface area contributed by atoms with Gasteiger partial charge in [-0.05, 0) is 0 Å². The molecule has 10 saturated heterocycles. The molecule has 3 heteroatoms. The van der Waals surface area contributed by atoms with E-state index >= 15 is 0 Å². The number of rotatable bonds is 22. The Kier molecular flexibility index (Phi) is 2.72. The van der Waals surface area contributed by atoms with Gasteiger partial charge >= 0.3 is 224 Å². The third-order valence-electron chi connectivity index (χ3n) is 20.0. The van der Waals surface area contributed by atoms with Gasteiger partial charge < -0.3 is 0 Å². The van der Waals surface area contributed by atoms with Crippen molar-refractivity contribution in [2.24, 2.45) is 0 Å². The zero-order chi connectivity index (χ0) is 25.2. The molecule has 0 aromatic heterocycles. The van der Waals surface area contributed by atoms with Crippen LogP contribution in [0.2, 0.25) is 38.8 Å². The molecule has 0 amide bonds. The van der Waals surface area contributed by atoms with Crippen molar-refractivity contribution in [2.45, 2.75) is 177 Å². The minimum absolute atomic E-state index is 0.378. The van der Waals surface area contributed by atoms with Crippen molar-refractivity contribution in [3.8, 4) is 0 Å². The Morgan fingerprint density at radius 3 is 0.919 bits per heavy atom. The van der Waals surface area contributed by atoms with Gasteiger partial charge in [-0.15, -0.1) is 0 Å². The molecule has 4 unspecified atom stereocenters. The first-order valence-electron chi connectivity index (χ1n) is 17.6. The van der Waals surface area contributed by atoms with Gasteiger partial charge in [0.1, 0.15) is 0 Å². The fraction of sp³-hybridized carbons (Fsp3) is 1.00. The van der Waals surface area contributed by atoms with Crippen LogP contribution in [0, 0.1) is 0 Å². The molecule has 10 rings (SSSR count). The van der Waals surface area contributed by atoms with E-state index in [9.17, 15) is 0 Å². The maximum absolute atomic E-state index is 3.19. The van der Waals surface area contributed by atoms with Crippen LogP contribution in [0.15, 0.2) is 0 Å². The predicted octanol–water partition coefficient (Wildman–Crippen LogP) is 12.5. The molecule has 0 aromatic carbocycles. The fourth-order valence-electron chi connectivity index (χ4n) is 20.8. The van der Waals surface area contributed by atoms with Crippen LogP contribution in [-0.2, 0) is 6.37 Å². The Morgan fingerprint density at radius 2 is 0.703 bits per heavy atom. The molecule has 0 N–H and O–H groups in total. The van der Waals surface area contributed by atoms with Crippen LogP contribution in [0.25, 0.3) is 0 Å². The third-order valence-corrected chi connectivity index (χ3v) is 75.2. The fourth-order valence-corrected chi connectivity index (χ4v) is 124. The standard InChI is InChI=1S/C29H55P2.C5H5.Co/c1-5-9-13-17-24-30(25-18-14-10-6-2)28-22-21-23-29(28)31(26-19-15-11-7-3)27-20-16-12-8-4;1-2-4-5-3-1;/h21-23H,5-20,24-27H2,1-4H3;1-5H;. The van der Waals surface area contributed by atoms with Gasteiger partial charge in [0.25, 0.3) is 0 Å². The topological polar surface area (TPSA) is 0 Å². The molecule has 4 atom stereocenters. The summed E-state index contributed by atoms with van der Waals surface area (Å²) in [5.74, 6) is 0. The SMILES string of the molecule is CCCCCCP(CCCCCC)[C]12[CH]3[CH]4[CH]5[C]1(P(CCCCCC)CCCCCC)[Co]43521678[CH]2[CH]1[CH]6[CH]7[CH]28. The molecule has 0 nitrogen and oxygen atoms in total. The molecule has 0 radical (unpaired) electrons. The van der Waals surface area contributed by atoms with Crippen molar-refractivity contribution in [1.29, 1.82) is 0 Å². The molecule has 0 aliphatic carbocycles. The Morgan fingerprint density at radius 1 is 0.405 bits per heavy atom. The van der Waals surface area contributed by atoms with Crippen LogP contribution < -0.4 is 0 Å². The van der Waals surface area contributed by atoms with Crippen LogP contribution in [-0.4, -0.2) is 32.8 Å². The van der Waals surface area contributed by atoms with E-state index in [1.807, 2.05) is 0 Å². The van der Waals surface area contributed by atoms with Gasteiger partial charge in [0.05, 0.1) is 0 Å². The number of unbranched alkanes of at least 4 members (excludes halogenated alkanes) is 12. The molecule has 0 bridgehead atoms. The number of fused-ring (bicyclic) bond motifs is 10. The van der Waals surface area contributed by atoms with Crippen molar-refractivity contribution in [3.63, 3.8) is 0 Å². The molecule has 215 valence electrons. The molecule has 10 aliphatic rings. The van der Waals surface area contributed by atoms with Crippen LogP contribution in [0.5, 0.6) is 0 Å². The first-order valence-corrected chi connectivity index (χ1v) is 26.8. The van der Waals surface area contributed by atoms with Gasteiger partial charge in [0.15, 0.2) is 0 Å². The predicted molar refractivity (Wildman–Crippen MR) is 165 cm³/mol. The molecule has 0 aromatic rings. The van der Waals surface area contributed by atoms with Gasteiger partial charge in [-0.1, -0.05) is 0 Å².